The fourth-order valence-corrected chi connectivity index (χ4v) is 6.68. The molecule has 0 aromatic heterocycles. The molecule has 0 fully saturated rings. The van der Waals surface area contributed by atoms with Crippen molar-refractivity contribution >= 4 is 8.33 Å². The predicted molar refractivity (Wildman–Crippen MR) is 82.5 cm³/mol. The molecule has 2 aromatic rings. The molecule has 0 radical (unpaired) electrons. The Kier molecular flexibility index (Phi) is 2.85. The van der Waals surface area contributed by atoms with Crippen LogP contribution in [0.5, 0.6) is 23.0 Å². The van der Waals surface area contributed by atoms with E-state index in [0.29, 0.717) is 35.6 Å². The Balaban J connectivity index is 1.73. The van der Waals surface area contributed by atoms with Crippen molar-refractivity contribution in [3.63, 3.8) is 0 Å². The molecular formula is C16H17O5Si-. The van der Waals surface area contributed by atoms with Gasteiger partial charge in [-0.25, -0.2) is 0 Å². The zero-order valence-corrected chi connectivity index (χ0v) is 13.3. The molecule has 0 N–H and O–H groups in total. The molecule has 0 atom stereocenters. The van der Waals surface area contributed by atoms with Gasteiger partial charge in [-0.05, 0) is 0 Å². The van der Waals surface area contributed by atoms with Crippen LogP contribution in [-0.4, -0.2) is 22.0 Å². The normalized spacial score (nSPS) is 20.5. The van der Waals surface area contributed by atoms with Crippen molar-refractivity contribution in [3.8, 4) is 23.0 Å². The first-order valence-electron chi connectivity index (χ1n) is 7.34. The first-order valence-corrected chi connectivity index (χ1v) is 9.68. The topological polar surface area (TPSA) is 46.2 Å². The summed E-state index contributed by atoms with van der Waals surface area (Å²) in [5.41, 5.74) is 0. The number of methoxy groups -OCH3 is 1. The van der Waals surface area contributed by atoms with E-state index in [0.717, 1.165) is 6.42 Å². The molecule has 0 amide bonds. The van der Waals surface area contributed by atoms with Gasteiger partial charge in [0, 0.05) is 0 Å². The zero-order chi connectivity index (χ0) is 15.1. The van der Waals surface area contributed by atoms with Crippen LogP contribution in [-0.2, 0) is 4.74 Å². The van der Waals surface area contributed by atoms with Gasteiger partial charge >= 0.3 is 128 Å². The van der Waals surface area contributed by atoms with Gasteiger partial charge in [-0.15, -0.1) is 0 Å². The summed E-state index contributed by atoms with van der Waals surface area (Å²) in [5, 5.41) is 0. The van der Waals surface area contributed by atoms with E-state index in [9.17, 15) is 0 Å². The van der Waals surface area contributed by atoms with Crippen molar-refractivity contribution in [3.05, 3.63) is 48.5 Å². The van der Waals surface area contributed by atoms with Crippen LogP contribution in [0.15, 0.2) is 48.5 Å². The van der Waals surface area contributed by atoms with Gasteiger partial charge in [0.05, 0.1) is 0 Å². The summed E-state index contributed by atoms with van der Waals surface area (Å²) in [7, 11) is -2.36. The maximum atomic E-state index is 6.20. The van der Waals surface area contributed by atoms with Crippen LogP contribution < -0.4 is 17.7 Å². The van der Waals surface area contributed by atoms with Crippen molar-refractivity contribution in [2.24, 2.45) is 0 Å². The second-order valence-electron chi connectivity index (χ2n) is 5.48. The molecule has 116 valence electrons. The molecule has 2 aliphatic rings. The number of hydrogen-bond donors (Lipinski definition) is 0. The van der Waals surface area contributed by atoms with Crippen LogP contribution in [0.4, 0.5) is 0 Å². The number of hydrogen-bond acceptors (Lipinski definition) is 5. The molecule has 0 saturated heterocycles. The van der Waals surface area contributed by atoms with Gasteiger partial charge in [0.1, 0.15) is 0 Å². The SMILES string of the molecule is COCCC[Si-]12(Oc3ccccc3O1)Oc1ccccc1O2. The van der Waals surface area contributed by atoms with Gasteiger partial charge in [0.15, 0.2) is 0 Å². The summed E-state index contributed by atoms with van der Waals surface area (Å²) in [6.07, 6.45) is 0.728. The van der Waals surface area contributed by atoms with Crippen LogP contribution in [0.2, 0.25) is 6.04 Å². The molecule has 2 heterocycles. The average Bonchev–Trinajstić information content (AvgIpc) is 3.01. The predicted octanol–water partition coefficient (Wildman–Crippen LogP) is 3.36. The second-order valence-corrected chi connectivity index (χ2v) is 8.95. The number of fused-ring (bicyclic) bond motifs is 2. The van der Waals surface area contributed by atoms with Crippen LogP contribution in [0.1, 0.15) is 6.42 Å². The summed E-state index contributed by atoms with van der Waals surface area (Å²) in [4.78, 5) is 0. The molecule has 2 aromatic carbocycles. The molecule has 0 unspecified atom stereocenters. The van der Waals surface area contributed by atoms with Gasteiger partial charge in [-0.3, -0.25) is 0 Å². The van der Waals surface area contributed by atoms with E-state index in [-0.39, 0.29) is 0 Å². The van der Waals surface area contributed by atoms with Gasteiger partial charge in [-0.1, -0.05) is 0 Å². The molecular weight excluding hydrogens is 300 g/mol. The molecule has 0 saturated carbocycles. The Morgan fingerprint density at radius 2 is 1.18 bits per heavy atom. The Morgan fingerprint density at radius 3 is 1.55 bits per heavy atom. The summed E-state index contributed by atoms with van der Waals surface area (Å²) in [6.45, 7) is 0.593. The molecule has 2 aliphatic heterocycles. The quantitative estimate of drug-likeness (QED) is 0.639. The number of rotatable bonds is 4. The third-order valence-corrected chi connectivity index (χ3v) is 7.49. The van der Waals surface area contributed by atoms with E-state index >= 15 is 0 Å². The average molecular weight is 317 g/mol. The van der Waals surface area contributed by atoms with Gasteiger partial charge < -0.3 is 0 Å². The van der Waals surface area contributed by atoms with Crippen molar-refractivity contribution in [1.29, 1.82) is 0 Å². The van der Waals surface area contributed by atoms with Crippen molar-refractivity contribution in [1.82, 2.24) is 0 Å². The monoisotopic (exact) mass is 317 g/mol. The second kappa shape index (κ2) is 4.66. The maximum absolute atomic E-state index is 6.20. The summed E-state index contributed by atoms with van der Waals surface area (Å²) in [5.74, 6) is 2.67. The zero-order valence-electron chi connectivity index (χ0n) is 12.3. The Labute approximate surface area is 129 Å². The summed E-state index contributed by atoms with van der Waals surface area (Å²) in [6, 6.07) is 15.6. The van der Waals surface area contributed by atoms with Crippen molar-refractivity contribution < 1.29 is 22.4 Å². The molecule has 22 heavy (non-hydrogen) atoms. The molecule has 6 heteroatoms. The van der Waals surface area contributed by atoms with Crippen LogP contribution >= 0.6 is 0 Å². The van der Waals surface area contributed by atoms with E-state index in [4.69, 9.17) is 22.4 Å². The summed E-state index contributed by atoms with van der Waals surface area (Å²) >= 11 is 0. The molecule has 4 rings (SSSR count). The van der Waals surface area contributed by atoms with Crippen LogP contribution in [0.25, 0.3) is 0 Å². The van der Waals surface area contributed by atoms with Crippen LogP contribution in [0, 0.1) is 0 Å². The number of para-hydroxylation sites is 4. The van der Waals surface area contributed by atoms with E-state index in [1.807, 2.05) is 48.5 Å². The number of benzene rings is 2. The molecule has 0 aliphatic carbocycles. The van der Waals surface area contributed by atoms with Gasteiger partial charge in [0.2, 0.25) is 0 Å². The van der Waals surface area contributed by atoms with Gasteiger partial charge in [0.25, 0.3) is 0 Å². The Hall–Kier alpha value is -2.18. The van der Waals surface area contributed by atoms with E-state index in [1.165, 1.54) is 0 Å². The molecule has 0 bridgehead atoms. The standard InChI is InChI=1S/C16H17O5Si/c1-17-11-6-12-22(18-13-7-2-3-8-14(13)19-22)20-15-9-4-5-10-16(15)21-22/h2-5,7-10H,6,11-12H2,1H3/q-1. The fourth-order valence-electron chi connectivity index (χ4n) is 2.92. The van der Waals surface area contributed by atoms with E-state index in [1.54, 1.807) is 7.11 Å². The molecule has 5 nitrogen and oxygen atoms in total. The minimum absolute atomic E-state index is 0.525. The van der Waals surface area contributed by atoms with Crippen molar-refractivity contribution in [2.75, 3.05) is 13.7 Å². The van der Waals surface area contributed by atoms with Crippen LogP contribution in [0.3, 0.4) is 0 Å². The van der Waals surface area contributed by atoms with Crippen molar-refractivity contribution in [2.45, 2.75) is 12.5 Å². The summed E-state index contributed by atoms with van der Waals surface area (Å²) < 4.78 is 30.0. The first-order chi connectivity index (χ1) is 10.7. The Morgan fingerprint density at radius 1 is 0.773 bits per heavy atom. The minimum atomic E-state index is -4.03. The first kappa shape index (κ1) is 13.5. The Bertz CT molecular complexity index is 604. The third-order valence-electron chi connectivity index (χ3n) is 3.86. The van der Waals surface area contributed by atoms with E-state index < -0.39 is 8.33 Å². The third kappa shape index (κ3) is 1.95. The molecule has 1 spiro atoms. The van der Waals surface area contributed by atoms with E-state index in [2.05, 4.69) is 0 Å². The number of ether oxygens (including phenoxy) is 1. The van der Waals surface area contributed by atoms with Gasteiger partial charge in [-0.2, -0.15) is 0 Å². The fraction of sp³-hybridized carbons (Fsp3) is 0.250.